The molecule has 0 unspecified atom stereocenters. The Hall–Kier alpha value is -3.04. The molecule has 1 N–H and O–H groups in total. The summed E-state index contributed by atoms with van der Waals surface area (Å²) in [6.07, 6.45) is 1.88. The molecule has 0 aliphatic rings. The summed E-state index contributed by atoms with van der Waals surface area (Å²) in [6.45, 7) is 1.68. The topological polar surface area (TPSA) is 75.7 Å². The molecule has 3 rings (SSSR count). The lowest BCUT2D eigenvalue weighted by Crippen LogP contribution is -2.38. The standard InChI is InChI=1S/C23H23FN2O4S2/c1-3-30-22-10-5-4-9-21(22)25-23(27)16-26(18-8-6-7-17(24)15-18)32(28,29)20-13-11-19(31-2)12-14-20/h4-15H,3,16H2,1-2H3,(H,25,27). The smallest absolute Gasteiger partial charge is 0.264 e. The Morgan fingerprint density at radius 2 is 1.78 bits per heavy atom. The fourth-order valence-electron chi connectivity index (χ4n) is 2.99. The Bertz CT molecular complexity index is 1180. The quantitative estimate of drug-likeness (QED) is 0.452. The van der Waals surface area contributed by atoms with E-state index < -0.39 is 28.3 Å². The number of rotatable bonds is 9. The van der Waals surface area contributed by atoms with Crippen LogP contribution in [-0.4, -0.2) is 33.7 Å². The summed E-state index contributed by atoms with van der Waals surface area (Å²) in [4.78, 5) is 13.7. The minimum atomic E-state index is -4.14. The van der Waals surface area contributed by atoms with Gasteiger partial charge in [-0.1, -0.05) is 18.2 Å². The third-order valence-electron chi connectivity index (χ3n) is 4.49. The minimum Gasteiger partial charge on any atom is -0.492 e. The van der Waals surface area contributed by atoms with E-state index >= 15 is 0 Å². The Morgan fingerprint density at radius 3 is 2.44 bits per heavy atom. The molecular weight excluding hydrogens is 451 g/mol. The molecule has 32 heavy (non-hydrogen) atoms. The van der Waals surface area contributed by atoms with E-state index in [2.05, 4.69) is 5.32 Å². The maximum absolute atomic E-state index is 13.9. The highest BCUT2D eigenvalue weighted by Gasteiger charge is 2.28. The van der Waals surface area contributed by atoms with Gasteiger partial charge in [-0.2, -0.15) is 0 Å². The zero-order chi connectivity index (χ0) is 23.1. The van der Waals surface area contributed by atoms with Crippen LogP contribution in [0.15, 0.2) is 82.6 Å². The van der Waals surface area contributed by atoms with Gasteiger partial charge in [-0.3, -0.25) is 9.10 Å². The van der Waals surface area contributed by atoms with Crippen LogP contribution in [0.4, 0.5) is 15.8 Å². The maximum atomic E-state index is 13.9. The van der Waals surface area contributed by atoms with Gasteiger partial charge in [0.15, 0.2) is 0 Å². The first-order chi connectivity index (χ1) is 15.3. The molecule has 9 heteroatoms. The number of carbonyl (C=O) groups is 1. The van der Waals surface area contributed by atoms with Crippen LogP contribution in [0.5, 0.6) is 5.75 Å². The zero-order valence-electron chi connectivity index (χ0n) is 17.6. The second-order valence-electron chi connectivity index (χ2n) is 6.64. The third kappa shape index (κ3) is 5.60. The average molecular weight is 475 g/mol. The van der Waals surface area contributed by atoms with Gasteiger partial charge >= 0.3 is 0 Å². The first kappa shape index (κ1) is 23.6. The van der Waals surface area contributed by atoms with Gasteiger partial charge in [-0.25, -0.2) is 12.8 Å². The van der Waals surface area contributed by atoms with Gasteiger partial charge in [0, 0.05) is 4.90 Å². The molecule has 3 aromatic rings. The van der Waals surface area contributed by atoms with Crippen LogP contribution in [0.2, 0.25) is 0 Å². The number of halogens is 1. The summed E-state index contributed by atoms with van der Waals surface area (Å²) in [6, 6.07) is 18.3. The molecule has 6 nitrogen and oxygen atoms in total. The van der Waals surface area contributed by atoms with Gasteiger partial charge in [-0.05, 0) is 67.8 Å². The van der Waals surface area contributed by atoms with Crippen LogP contribution >= 0.6 is 11.8 Å². The predicted molar refractivity (Wildman–Crippen MR) is 125 cm³/mol. The summed E-state index contributed by atoms with van der Waals surface area (Å²) in [5.41, 5.74) is 0.465. The fraction of sp³-hybridized carbons (Fsp3) is 0.174. The van der Waals surface area contributed by atoms with Crippen molar-refractivity contribution in [3.05, 3.63) is 78.6 Å². The fourth-order valence-corrected chi connectivity index (χ4v) is 4.81. The minimum absolute atomic E-state index is 0.00192. The molecule has 0 saturated carbocycles. The van der Waals surface area contributed by atoms with Crippen molar-refractivity contribution in [1.82, 2.24) is 0 Å². The molecule has 0 saturated heterocycles. The molecule has 0 aliphatic carbocycles. The number of para-hydroxylation sites is 2. The van der Waals surface area contributed by atoms with Crippen LogP contribution in [-0.2, 0) is 14.8 Å². The number of amides is 1. The summed E-state index contributed by atoms with van der Waals surface area (Å²) >= 11 is 1.48. The predicted octanol–water partition coefficient (Wildman–Crippen LogP) is 4.78. The Morgan fingerprint density at radius 1 is 1.06 bits per heavy atom. The molecule has 1 amide bonds. The second kappa shape index (κ2) is 10.5. The van der Waals surface area contributed by atoms with E-state index in [1.54, 1.807) is 36.4 Å². The van der Waals surface area contributed by atoms with Crippen molar-refractivity contribution in [2.24, 2.45) is 0 Å². The highest BCUT2D eigenvalue weighted by Crippen LogP contribution is 2.27. The van der Waals surface area contributed by atoms with Crippen molar-refractivity contribution in [2.75, 3.05) is 29.0 Å². The van der Waals surface area contributed by atoms with Gasteiger partial charge in [0.2, 0.25) is 5.91 Å². The first-order valence-corrected chi connectivity index (χ1v) is 12.5. The Balaban J connectivity index is 1.94. The summed E-state index contributed by atoms with van der Waals surface area (Å²) in [7, 11) is -4.14. The van der Waals surface area contributed by atoms with E-state index in [0.717, 1.165) is 15.3 Å². The summed E-state index contributed by atoms with van der Waals surface area (Å²) in [5.74, 6) is -0.732. The monoisotopic (exact) mass is 474 g/mol. The van der Waals surface area contributed by atoms with Crippen molar-refractivity contribution in [3.63, 3.8) is 0 Å². The molecule has 0 spiro atoms. The van der Waals surface area contributed by atoms with Gasteiger partial charge in [-0.15, -0.1) is 11.8 Å². The number of nitrogens with one attached hydrogen (secondary N) is 1. The maximum Gasteiger partial charge on any atom is 0.264 e. The van der Waals surface area contributed by atoms with Gasteiger partial charge in [0.05, 0.1) is 22.9 Å². The number of nitrogens with zero attached hydrogens (tertiary/aromatic N) is 1. The molecule has 3 aromatic carbocycles. The van der Waals surface area contributed by atoms with Crippen LogP contribution in [0, 0.1) is 5.82 Å². The van der Waals surface area contributed by atoms with Crippen LogP contribution in [0.1, 0.15) is 6.92 Å². The van der Waals surface area contributed by atoms with Gasteiger partial charge in [0.25, 0.3) is 10.0 Å². The lowest BCUT2D eigenvalue weighted by molar-refractivity contribution is -0.114. The number of carbonyl (C=O) groups excluding carboxylic acids is 1. The average Bonchev–Trinajstić information content (AvgIpc) is 2.79. The molecular formula is C23H23FN2O4S2. The normalized spacial score (nSPS) is 11.1. The van der Waals surface area contributed by atoms with Crippen molar-refractivity contribution in [2.45, 2.75) is 16.7 Å². The number of thioether (sulfide) groups is 1. The molecule has 0 radical (unpaired) electrons. The van der Waals surface area contributed by atoms with Crippen LogP contribution in [0.3, 0.4) is 0 Å². The van der Waals surface area contributed by atoms with Gasteiger partial charge in [0.1, 0.15) is 18.1 Å². The SMILES string of the molecule is CCOc1ccccc1NC(=O)CN(c1cccc(F)c1)S(=O)(=O)c1ccc(SC)cc1. The summed E-state index contributed by atoms with van der Waals surface area (Å²) < 4.78 is 47.1. The molecule has 0 aliphatic heterocycles. The third-order valence-corrected chi connectivity index (χ3v) is 7.02. The van der Waals surface area contributed by atoms with E-state index in [1.807, 2.05) is 13.2 Å². The number of anilines is 2. The molecule has 0 fully saturated rings. The van der Waals surface area contributed by atoms with Crippen LogP contribution in [0.25, 0.3) is 0 Å². The molecule has 168 valence electrons. The van der Waals surface area contributed by atoms with E-state index in [-0.39, 0.29) is 10.6 Å². The number of hydrogen-bond acceptors (Lipinski definition) is 5. The number of ether oxygens (including phenoxy) is 1. The largest absolute Gasteiger partial charge is 0.492 e. The van der Waals surface area contributed by atoms with E-state index in [9.17, 15) is 17.6 Å². The number of benzene rings is 3. The van der Waals surface area contributed by atoms with Gasteiger partial charge < -0.3 is 10.1 Å². The lowest BCUT2D eigenvalue weighted by Gasteiger charge is -2.24. The highest BCUT2D eigenvalue weighted by atomic mass is 32.2. The molecule has 0 aromatic heterocycles. The molecule has 0 bridgehead atoms. The summed E-state index contributed by atoms with van der Waals surface area (Å²) in [5, 5.41) is 2.68. The number of sulfonamides is 1. The number of hydrogen-bond donors (Lipinski definition) is 1. The van der Waals surface area contributed by atoms with Crippen molar-refractivity contribution >= 4 is 39.1 Å². The lowest BCUT2D eigenvalue weighted by atomic mass is 10.3. The molecule has 0 heterocycles. The van der Waals surface area contributed by atoms with Crippen molar-refractivity contribution in [3.8, 4) is 5.75 Å². The Kier molecular flexibility index (Phi) is 7.76. The second-order valence-corrected chi connectivity index (χ2v) is 9.39. The first-order valence-electron chi connectivity index (χ1n) is 9.79. The zero-order valence-corrected chi connectivity index (χ0v) is 19.3. The van der Waals surface area contributed by atoms with E-state index in [0.29, 0.717) is 18.0 Å². The van der Waals surface area contributed by atoms with Crippen molar-refractivity contribution in [1.29, 1.82) is 0 Å². The molecule has 0 atom stereocenters. The van der Waals surface area contributed by atoms with Crippen LogP contribution < -0.4 is 14.4 Å². The van der Waals surface area contributed by atoms with E-state index in [1.165, 1.54) is 42.1 Å². The van der Waals surface area contributed by atoms with Crippen molar-refractivity contribution < 1.29 is 22.3 Å². The highest BCUT2D eigenvalue weighted by molar-refractivity contribution is 7.98. The Labute approximate surface area is 191 Å². The van der Waals surface area contributed by atoms with E-state index in [4.69, 9.17) is 4.74 Å².